The molecule has 0 radical (unpaired) electrons. The molecule has 1 aliphatic rings. The quantitative estimate of drug-likeness (QED) is 0.284. The second kappa shape index (κ2) is 8.49. The lowest BCUT2D eigenvalue weighted by molar-refractivity contribution is 0.569. The molecule has 0 amide bonds. The van der Waals surface area contributed by atoms with E-state index < -0.39 is 8.07 Å². The third-order valence-corrected chi connectivity index (χ3v) is 11.3. The highest BCUT2D eigenvalue weighted by atomic mass is 28.3. The van der Waals surface area contributed by atoms with Crippen LogP contribution in [0.4, 0.5) is 11.4 Å². The molecular formula is C34H39NSi. The van der Waals surface area contributed by atoms with E-state index in [-0.39, 0.29) is 10.8 Å². The van der Waals surface area contributed by atoms with Crippen LogP contribution in [0.25, 0.3) is 22.3 Å². The number of benzene rings is 4. The Morgan fingerprint density at radius 2 is 1.08 bits per heavy atom. The number of fused-ring (bicyclic) bond motifs is 3. The fourth-order valence-corrected chi connectivity index (χ4v) is 8.46. The Morgan fingerprint density at radius 3 is 1.69 bits per heavy atom. The van der Waals surface area contributed by atoms with Crippen molar-refractivity contribution in [3.05, 3.63) is 96.1 Å². The molecule has 5 rings (SSSR count). The fraction of sp³-hybridized carbons (Fsp3) is 0.294. The number of hydrogen-bond donors (Lipinski definition) is 1. The van der Waals surface area contributed by atoms with E-state index in [1.807, 2.05) is 0 Å². The van der Waals surface area contributed by atoms with Gasteiger partial charge in [0.05, 0.1) is 0 Å². The van der Waals surface area contributed by atoms with Crippen molar-refractivity contribution in [2.75, 3.05) is 5.32 Å². The molecule has 0 spiro atoms. The van der Waals surface area contributed by atoms with Crippen molar-refractivity contribution in [2.45, 2.75) is 65.5 Å². The first-order chi connectivity index (χ1) is 16.8. The van der Waals surface area contributed by atoms with Crippen molar-refractivity contribution in [2.24, 2.45) is 0 Å². The van der Waals surface area contributed by atoms with Crippen molar-refractivity contribution in [1.29, 1.82) is 0 Å². The predicted octanol–water partition coefficient (Wildman–Crippen LogP) is 8.50. The molecule has 4 aromatic rings. The lowest BCUT2D eigenvalue weighted by Gasteiger charge is -2.26. The smallest absolute Gasteiger partial charge is 0.113 e. The van der Waals surface area contributed by atoms with Gasteiger partial charge in [-0.05, 0) is 78.8 Å². The van der Waals surface area contributed by atoms with Gasteiger partial charge in [0, 0.05) is 11.4 Å². The Hall–Kier alpha value is -3.10. The molecule has 2 heteroatoms. The normalized spacial score (nSPS) is 14.3. The lowest BCUT2D eigenvalue weighted by atomic mass is 9.79. The summed E-state index contributed by atoms with van der Waals surface area (Å²) in [6.45, 7) is 18.7. The third-order valence-electron chi connectivity index (χ3n) is 7.76. The Morgan fingerprint density at radius 1 is 0.528 bits per heavy atom. The summed E-state index contributed by atoms with van der Waals surface area (Å²) in [4.78, 5) is 0. The zero-order valence-corrected chi connectivity index (χ0v) is 24.1. The molecule has 0 fully saturated rings. The van der Waals surface area contributed by atoms with Gasteiger partial charge >= 0.3 is 0 Å². The minimum atomic E-state index is -1.67. The van der Waals surface area contributed by atoms with Crippen LogP contribution in [-0.4, -0.2) is 8.07 Å². The molecule has 0 saturated carbocycles. The van der Waals surface area contributed by atoms with Gasteiger partial charge < -0.3 is 5.32 Å². The van der Waals surface area contributed by atoms with E-state index >= 15 is 0 Å². The zero-order chi connectivity index (χ0) is 25.9. The van der Waals surface area contributed by atoms with Crippen molar-refractivity contribution in [1.82, 2.24) is 0 Å². The predicted molar refractivity (Wildman–Crippen MR) is 161 cm³/mol. The highest BCUT2D eigenvalue weighted by Crippen LogP contribution is 2.35. The summed E-state index contributed by atoms with van der Waals surface area (Å²) in [5.41, 5.74) is 10.7. The molecule has 0 atom stereocenters. The maximum Gasteiger partial charge on any atom is 0.113 e. The average molecular weight is 490 g/mol. The Labute approximate surface area is 218 Å². The van der Waals surface area contributed by atoms with E-state index in [0.717, 1.165) is 5.69 Å². The first kappa shape index (κ1) is 24.6. The van der Waals surface area contributed by atoms with Crippen molar-refractivity contribution < 1.29 is 0 Å². The van der Waals surface area contributed by atoms with Crippen LogP contribution >= 0.6 is 0 Å². The van der Waals surface area contributed by atoms with Gasteiger partial charge in [0.25, 0.3) is 0 Å². The van der Waals surface area contributed by atoms with Crippen LogP contribution < -0.4 is 15.7 Å². The molecule has 184 valence electrons. The van der Waals surface area contributed by atoms with Gasteiger partial charge in [0.1, 0.15) is 8.07 Å². The number of rotatable bonds is 3. The van der Waals surface area contributed by atoms with Gasteiger partial charge in [0.15, 0.2) is 0 Å². The average Bonchev–Trinajstić information content (AvgIpc) is 3.05. The molecule has 1 heterocycles. The summed E-state index contributed by atoms with van der Waals surface area (Å²) in [6, 6.07) is 31.9. The topological polar surface area (TPSA) is 12.0 Å². The maximum absolute atomic E-state index is 3.67. The first-order valence-corrected chi connectivity index (χ1v) is 16.1. The number of hydrogen-bond acceptors (Lipinski definition) is 1. The van der Waals surface area contributed by atoms with Crippen LogP contribution in [0.1, 0.15) is 52.7 Å². The van der Waals surface area contributed by atoms with Gasteiger partial charge in [-0.25, -0.2) is 0 Å². The van der Waals surface area contributed by atoms with Crippen LogP contribution in [-0.2, 0) is 10.8 Å². The molecule has 1 aliphatic heterocycles. The fourth-order valence-electron chi connectivity index (χ4n) is 5.36. The van der Waals surface area contributed by atoms with Gasteiger partial charge in [-0.1, -0.05) is 115 Å². The second-order valence-electron chi connectivity index (χ2n) is 12.9. The van der Waals surface area contributed by atoms with Crippen molar-refractivity contribution in [3.63, 3.8) is 0 Å². The van der Waals surface area contributed by atoms with Gasteiger partial charge in [0.2, 0.25) is 0 Å². The summed E-state index contributed by atoms with van der Waals surface area (Å²) in [5, 5.41) is 6.75. The van der Waals surface area contributed by atoms with Gasteiger partial charge in [-0.3, -0.25) is 0 Å². The Bertz CT molecular complexity index is 1400. The van der Waals surface area contributed by atoms with E-state index in [1.54, 1.807) is 5.19 Å². The van der Waals surface area contributed by atoms with Crippen molar-refractivity contribution >= 4 is 29.8 Å². The molecule has 0 aromatic heterocycles. The molecule has 0 saturated heterocycles. The van der Waals surface area contributed by atoms with E-state index in [4.69, 9.17) is 0 Å². The molecule has 1 N–H and O–H groups in total. The largest absolute Gasteiger partial charge is 0.356 e. The minimum absolute atomic E-state index is 0.113. The van der Waals surface area contributed by atoms with Crippen LogP contribution in [0.15, 0.2) is 84.9 Å². The third kappa shape index (κ3) is 4.44. The maximum atomic E-state index is 3.67. The SMILES string of the molecule is CC(C)(C)c1cc(-c2ccc(Nc3ccc4c(c3)[Si](C)(C)c3ccccc3-4)cc2)cc(C(C)(C)C)c1. The van der Waals surface area contributed by atoms with Crippen LogP contribution in [0, 0.1) is 0 Å². The zero-order valence-electron chi connectivity index (χ0n) is 23.1. The lowest BCUT2D eigenvalue weighted by Crippen LogP contribution is -2.49. The molecule has 0 unspecified atom stereocenters. The number of anilines is 2. The van der Waals surface area contributed by atoms with Gasteiger partial charge in [-0.2, -0.15) is 0 Å². The molecule has 4 aromatic carbocycles. The summed E-state index contributed by atoms with van der Waals surface area (Å²) < 4.78 is 0. The minimum Gasteiger partial charge on any atom is -0.356 e. The van der Waals surface area contributed by atoms with E-state index in [0.29, 0.717) is 0 Å². The van der Waals surface area contributed by atoms with Crippen LogP contribution in [0.2, 0.25) is 13.1 Å². The van der Waals surface area contributed by atoms with Crippen molar-refractivity contribution in [3.8, 4) is 22.3 Å². The Kier molecular flexibility index (Phi) is 5.80. The van der Waals surface area contributed by atoms with Crippen LogP contribution in [0.3, 0.4) is 0 Å². The van der Waals surface area contributed by atoms with E-state index in [1.165, 1.54) is 44.3 Å². The van der Waals surface area contributed by atoms with Crippen LogP contribution in [0.5, 0.6) is 0 Å². The summed E-state index contributed by atoms with van der Waals surface area (Å²) in [5.74, 6) is 0. The van der Waals surface area contributed by atoms with Gasteiger partial charge in [-0.15, -0.1) is 0 Å². The second-order valence-corrected chi connectivity index (χ2v) is 17.3. The highest BCUT2D eigenvalue weighted by molar-refractivity contribution is 7.03. The Balaban J connectivity index is 1.44. The summed E-state index contributed by atoms with van der Waals surface area (Å²) in [6.07, 6.45) is 0. The molecule has 0 aliphatic carbocycles. The molecule has 0 bridgehead atoms. The molecule has 36 heavy (non-hydrogen) atoms. The molecular weight excluding hydrogens is 450 g/mol. The van der Waals surface area contributed by atoms with E-state index in [9.17, 15) is 0 Å². The summed E-state index contributed by atoms with van der Waals surface area (Å²) >= 11 is 0. The first-order valence-electron chi connectivity index (χ1n) is 13.1. The number of nitrogens with one attached hydrogen (secondary N) is 1. The molecule has 1 nitrogen and oxygen atoms in total. The standard InChI is InChI=1S/C34H39NSi/c1-33(2,3)25-19-24(20-26(21-25)34(4,5)6)23-13-15-27(16-14-23)35-28-17-18-30-29-11-9-10-12-31(29)36(7,8)32(30)22-28/h9-22,35H,1-8H3. The summed E-state index contributed by atoms with van der Waals surface area (Å²) in [7, 11) is -1.67. The van der Waals surface area contributed by atoms with E-state index in [2.05, 4.69) is 145 Å². The highest BCUT2D eigenvalue weighted by Gasteiger charge is 2.37. The monoisotopic (exact) mass is 489 g/mol.